The van der Waals surface area contributed by atoms with E-state index in [0.717, 1.165) is 5.56 Å². The molecule has 3 heteroatoms. The molecule has 0 aliphatic rings. The van der Waals surface area contributed by atoms with Crippen molar-refractivity contribution in [3.05, 3.63) is 36.2 Å². The zero-order valence-electron chi connectivity index (χ0n) is 7.18. The molecule has 1 aromatic rings. The van der Waals surface area contributed by atoms with Crippen LogP contribution in [-0.4, -0.2) is 16.1 Å². The molecule has 0 aliphatic carbocycles. The topological polar surface area (TPSA) is 50.2 Å². The number of hydrogen-bond donors (Lipinski definition) is 1. The summed E-state index contributed by atoms with van der Waals surface area (Å²) in [7, 11) is 0. The van der Waals surface area contributed by atoms with Crippen molar-refractivity contribution in [2.75, 3.05) is 0 Å². The molecular formula is C10H11NO2. The summed E-state index contributed by atoms with van der Waals surface area (Å²) in [5.41, 5.74) is 0.993. The van der Waals surface area contributed by atoms with Crippen LogP contribution in [0.4, 0.5) is 0 Å². The van der Waals surface area contributed by atoms with Gasteiger partial charge >= 0.3 is 5.97 Å². The predicted octanol–water partition coefficient (Wildman–Crippen LogP) is 1.96. The molecule has 0 amide bonds. The van der Waals surface area contributed by atoms with Crippen molar-refractivity contribution in [3.63, 3.8) is 0 Å². The van der Waals surface area contributed by atoms with E-state index in [1.54, 1.807) is 12.4 Å². The molecule has 1 aromatic heterocycles. The van der Waals surface area contributed by atoms with Gasteiger partial charge in [-0.3, -0.25) is 9.78 Å². The van der Waals surface area contributed by atoms with Crippen LogP contribution in [0.2, 0.25) is 0 Å². The van der Waals surface area contributed by atoms with E-state index >= 15 is 0 Å². The largest absolute Gasteiger partial charge is 0.481 e. The molecule has 0 aliphatic heterocycles. The maximum Gasteiger partial charge on any atom is 0.303 e. The monoisotopic (exact) mass is 177 g/mol. The van der Waals surface area contributed by atoms with Crippen molar-refractivity contribution in [2.45, 2.75) is 12.8 Å². The summed E-state index contributed by atoms with van der Waals surface area (Å²) in [5.74, 6) is -0.768. The highest BCUT2D eigenvalue weighted by molar-refractivity contribution is 5.67. The van der Waals surface area contributed by atoms with E-state index in [9.17, 15) is 4.79 Å². The van der Waals surface area contributed by atoms with Crippen LogP contribution in [0.3, 0.4) is 0 Å². The number of aromatic nitrogens is 1. The van der Waals surface area contributed by atoms with Crippen LogP contribution in [-0.2, 0) is 4.79 Å². The molecule has 1 N–H and O–H groups in total. The Balaban J connectivity index is 2.37. The Morgan fingerprint density at radius 2 is 2.46 bits per heavy atom. The molecule has 1 rings (SSSR count). The molecule has 1 heterocycles. The summed E-state index contributed by atoms with van der Waals surface area (Å²) in [4.78, 5) is 14.1. The third kappa shape index (κ3) is 4.06. The molecule has 0 fully saturated rings. The predicted molar refractivity (Wildman–Crippen MR) is 50.1 cm³/mol. The molecule has 0 saturated carbocycles. The number of carboxylic acid groups (broad SMARTS) is 1. The fourth-order valence-corrected chi connectivity index (χ4v) is 0.901. The first-order valence-electron chi connectivity index (χ1n) is 4.07. The minimum absolute atomic E-state index is 0.177. The molecule has 3 nitrogen and oxygen atoms in total. The van der Waals surface area contributed by atoms with E-state index in [-0.39, 0.29) is 6.42 Å². The fraction of sp³-hybridized carbons (Fsp3) is 0.200. The molecular weight excluding hydrogens is 166 g/mol. The van der Waals surface area contributed by atoms with Crippen molar-refractivity contribution in [1.29, 1.82) is 0 Å². The van der Waals surface area contributed by atoms with Crippen LogP contribution in [0, 0.1) is 0 Å². The Labute approximate surface area is 76.7 Å². The summed E-state index contributed by atoms with van der Waals surface area (Å²) < 4.78 is 0. The number of aliphatic carboxylic acids is 1. The second kappa shape index (κ2) is 5.09. The number of hydrogen-bond acceptors (Lipinski definition) is 2. The number of allylic oxidation sites excluding steroid dienone is 1. The Bertz CT molecular complexity index is 293. The first-order valence-corrected chi connectivity index (χ1v) is 4.07. The van der Waals surface area contributed by atoms with Crippen molar-refractivity contribution in [1.82, 2.24) is 4.98 Å². The van der Waals surface area contributed by atoms with Crippen molar-refractivity contribution >= 4 is 12.0 Å². The molecule has 0 saturated heterocycles. The lowest BCUT2D eigenvalue weighted by Crippen LogP contribution is -1.91. The number of carboxylic acids is 1. The number of nitrogens with zero attached hydrogens (tertiary/aromatic N) is 1. The molecule has 0 aromatic carbocycles. The smallest absolute Gasteiger partial charge is 0.303 e. The van der Waals surface area contributed by atoms with Gasteiger partial charge in [-0.15, -0.1) is 0 Å². The summed E-state index contributed by atoms with van der Waals surface area (Å²) in [6.45, 7) is 0. The van der Waals surface area contributed by atoms with Gasteiger partial charge < -0.3 is 5.11 Å². The first kappa shape index (κ1) is 9.45. The minimum atomic E-state index is -0.768. The van der Waals surface area contributed by atoms with E-state index in [2.05, 4.69) is 4.98 Å². The quantitative estimate of drug-likeness (QED) is 0.764. The molecule has 0 atom stereocenters. The van der Waals surface area contributed by atoms with E-state index < -0.39 is 5.97 Å². The van der Waals surface area contributed by atoms with E-state index in [0.29, 0.717) is 6.42 Å². The Morgan fingerprint density at radius 1 is 1.62 bits per heavy atom. The highest BCUT2D eigenvalue weighted by atomic mass is 16.4. The molecule has 0 unspecified atom stereocenters. The fourth-order valence-electron chi connectivity index (χ4n) is 0.901. The lowest BCUT2D eigenvalue weighted by Gasteiger charge is -1.90. The van der Waals surface area contributed by atoms with Gasteiger partial charge in [-0.05, 0) is 18.1 Å². The highest BCUT2D eigenvalue weighted by Gasteiger charge is 1.91. The molecule has 0 spiro atoms. The maximum absolute atomic E-state index is 10.2. The Kier molecular flexibility index (Phi) is 3.70. The maximum atomic E-state index is 10.2. The molecule has 68 valence electrons. The van der Waals surface area contributed by atoms with E-state index in [4.69, 9.17) is 5.11 Å². The number of rotatable bonds is 4. The van der Waals surface area contributed by atoms with Crippen molar-refractivity contribution < 1.29 is 9.90 Å². The lowest BCUT2D eigenvalue weighted by atomic mass is 10.2. The van der Waals surface area contributed by atoms with Gasteiger partial charge in [0.2, 0.25) is 0 Å². The molecule has 0 bridgehead atoms. The third-order valence-corrected chi connectivity index (χ3v) is 1.52. The average molecular weight is 177 g/mol. The van der Waals surface area contributed by atoms with Gasteiger partial charge in [-0.25, -0.2) is 0 Å². The molecule has 13 heavy (non-hydrogen) atoms. The second-order valence-electron chi connectivity index (χ2n) is 2.62. The standard InChI is InChI=1S/C10H11NO2/c12-10(13)6-2-1-4-9-5-3-7-11-8-9/h1,3-5,7-8H,2,6H2,(H,12,13). The van der Waals surface area contributed by atoms with Gasteiger partial charge in [0.25, 0.3) is 0 Å². The van der Waals surface area contributed by atoms with Gasteiger partial charge in [0.05, 0.1) is 0 Å². The minimum Gasteiger partial charge on any atom is -0.481 e. The number of carbonyl (C=O) groups is 1. The summed E-state index contributed by atoms with van der Waals surface area (Å²) >= 11 is 0. The third-order valence-electron chi connectivity index (χ3n) is 1.52. The highest BCUT2D eigenvalue weighted by Crippen LogP contribution is 2.00. The van der Waals surface area contributed by atoms with Gasteiger partial charge in [-0.1, -0.05) is 18.2 Å². The van der Waals surface area contributed by atoms with Gasteiger partial charge in [-0.2, -0.15) is 0 Å². The second-order valence-corrected chi connectivity index (χ2v) is 2.62. The van der Waals surface area contributed by atoms with Crippen molar-refractivity contribution in [3.8, 4) is 0 Å². The Morgan fingerprint density at radius 3 is 3.08 bits per heavy atom. The normalized spacial score (nSPS) is 10.5. The van der Waals surface area contributed by atoms with Crippen LogP contribution in [0.15, 0.2) is 30.6 Å². The zero-order chi connectivity index (χ0) is 9.52. The SMILES string of the molecule is O=C(O)CCC=Cc1cccnc1. The lowest BCUT2D eigenvalue weighted by molar-refractivity contribution is -0.136. The van der Waals surface area contributed by atoms with Gasteiger partial charge in [0.1, 0.15) is 0 Å². The van der Waals surface area contributed by atoms with Crippen molar-refractivity contribution in [2.24, 2.45) is 0 Å². The van der Waals surface area contributed by atoms with Crippen LogP contribution >= 0.6 is 0 Å². The summed E-state index contributed by atoms with van der Waals surface area (Å²) in [5, 5.41) is 8.36. The van der Waals surface area contributed by atoms with Crippen LogP contribution < -0.4 is 0 Å². The van der Waals surface area contributed by atoms with Gasteiger partial charge in [0.15, 0.2) is 0 Å². The summed E-state index contributed by atoms with van der Waals surface area (Å²) in [6, 6.07) is 3.77. The van der Waals surface area contributed by atoms with Crippen LogP contribution in [0.5, 0.6) is 0 Å². The van der Waals surface area contributed by atoms with Crippen LogP contribution in [0.25, 0.3) is 6.08 Å². The first-order chi connectivity index (χ1) is 6.29. The molecule has 0 radical (unpaired) electrons. The van der Waals surface area contributed by atoms with E-state index in [1.165, 1.54) is 0 Å². The number of pyridine rings is 1. The average Bonchev–Trinajstić information content (AvgIpc) is 2.14. The Hall–Kier alpha value is -1.64. The zero-order valence-corrected chi connectivity index (χ0v) is 7.18. The van der Waals surface area contributed by atoms with Gasteiger partial charge in [0, 0.05) is 18.8 Å². The van der Waals surface area contributed by atoms with E-state index in [1.807, 2.05) is 24.3 Å². The van der Waals surface area contributed by atoms with Crippen LogP contribution in [0.1, 0.15) is 18.4 Å². The summed E-state index contributed by atoms with van der Waals surface area (Å²) in [6.07, 6.45) is 7.88.